The van der Waals surface area contributed by atoms with E-state index in [1.165, 1.54) is 51.4 Å². The summed E-state index contributed by atoms with van der Waals surface area (Å²) in [6.45, 7) is 12.6. The van der Waals surface area contributed by atoms with E-state index in [1.54, 1.807) is 0 Å². The Balaban J connectivity index is -0.000000256. The molecule has 0 aromatic heterocycles. The van der Waals surface area contributed by atoms with Gasteiger partial charge in [-0.1, -0.05) is 53.4 Å². The third-order valence-electron chi connectivity index (χ3n) is 2.57. The lowest BCUT2D eigenvalue weighted by molar-refractivity contribution is 0.128. The second kappa shape index (κ2) is 26.4. The Morgan fingerprint density at radius 2 is 0.684 bits per heavy atom. The third-order valence-corrected chi connectivity index (χ3v) is 2.57. The molecule has 0 fully saturated rings. The van der Waals surface area contributed by atoms with E-state index in [1.807, 2.05) is 0 Å². The fourth-order valence-electron chi connectivity index (χ4n) is 1.19. The molecular weight excluding hydrogens is 240 g/mol. The highest BCUT2D eigenvalue weighted by molar-refractivity contribution is 4.34. The van der Waals surface area contributed by atoms with Crippen LogP contribution in [-0.2, 0) is 9.47 Å². The lowest BCUT2D eigenvalue weighted by Gasteiger charge is -1.99. The highest BCUT2D eigenvalue weighted by Gasteiger charge is 1.85. The van der Waals surface area contributed by atoms with Gasteiger partial charge in [-0.3, -0.25) is 0 Å². The zero-order valence-electron chi connectivity index (χ0n) is 13.8. The highest BCUT2D eigenvalue weighted by atomic mass is 16.5. The molecule has 3 nitrogen and oxygen atoms in total. The fraction of sp³-hybridized carbons (Fsp3) is 1.00. The summed E-state index contributed by atoms with van der Waals surface area (Å²) in [5, 5.41) is 0. The standard InChI is InChI=1S/2C8H18O.H2O/c2*1-3-5-7-9-8-6-4-2;/h2*3-8H2,1-2H3;1H2. The molecule has 2 N–H and O–H groups in total. The first-order valence-corrected chi connectivity index (χ1v) is 7.98. The first-order valence-electron chi connectivity index (χ1n) is 7.98. The van der Waals surface area contributed by atoms with Crippen LogP contribution >= 0.6 is 0 Å². The topological polar surface area (TPSA) is 50.0 Å². The van der Waals surface area contributed by atoms with Crippen LogP contribution in [0.3, 0.4) is 0 Å². The summed E-state index contributed by atoms with van der Waals surface area (Å²) in [6, 6.07) is 0. The molecule has 0 spiro atoms. The average Bonchev–Trinajstić information content (AvgIpc) is 2.39. The Morgan fingerprint density at radius 3 is 0.842 bits per heavy atom. The number of hydrogen-bond donors (Lipinski definition) is 0. The van der Waals surface area contributed by atoms with Gasteiger partial charge in [0.1, 0.15) is 0 Å². The first kappa shape index (κ1) is 23.9. The Bertz CT molecular complexity index is 92.6. The molecule has 0 aliphatic heterocycles. The molecule has 0 aromatic rings. The van der Waals surface area contributed by atoms with E-state index in [-0.39, 0.29) is 5.48 Å². The first-order chi connectivity index (χ1) is 8.83. The van der Waals surface area contributed by atoms with Crippen molar-refractivity contribution >= 4 is 0 Å². The van der Waals surface area contributed by atoms with Crippen LogP contribution in [0.1, 0.15) is 79.1 Å². The van der Waals surface area contributed by atoms with Crippen LogP contribution in [0.2, 0.25) is 0 Å². The maximum Gasteiger partial charge on any atom is 0.0465 e. The highest BCUT2D eigenvalue weighted by Crippen LogP contribution is 1.92. The van der Waals surface area contributed by atoms with Gasteiger partial charge in [-0.15, -0.1) is 0 Å². The monoisotopic (exact) mass is 278 g/mol. The maximum absolute atomic E-state index is 5.31. The van der Waals surface area contributed by atoms with Crippen molar-refractivity contribution in [2.45, 2.75) is 79.1 Å². The van der Waals surface area contributed by atoms with E-state index in [4.69, 9.17) is 9.47 Å². The minimum absolute atomic E-state index is 0. The fourth-order valence-corrected chi connectivity index (χ4v) is 1.19. The third kappa shape index (κ3) is 31.9. The molecule has 0 saturated heterocycles. The average molecular weight is 278 g/mol. The van der Waals surface area contributed by atoms with Crippen LogP contribution in [0.25, 0.3) is 0 Å². The molecule has 0 aromatic carbocycles. The maximum atomic E-state index is 5.31. The molecule has 19 heavy (non-hydrogen) atoms. The minimum Gasteiger partial charge on any atom is -0.412 e. The van der Waals surface area contributed by atoms with Crippen molar-refractivity contribution < 1.29 is 14.9 Å². The second-order valence-corrected chi connectivity index (χ2v) is 4.64. The lowest BCUT2D eigenvalue weighted by Crippen LogP contribution is -1.95. The van der Waals surface area contributed by atoms with Crippen molar-refractivity contribution in [2.75, 3.05) is 26.4 Å². The van der Waals surface area contributed by atoms with Crippen LogP contribution < -0.4 is 0 Å². The van der Waals surface area contributed by atoms with Gasteiger partial charge in [0.15, 0.2) is 0 Å². The van der Waals surface area contributed by atoms with E-state index < -0.39 is 0 Å². The SMILES string of the molecule is CCCCOCCCC.CCCCOCCCC.O. The molecule has 0 radical (unpaired) electrons. The summed E-state index contributed by atoms with van der Waals surface area (Å²) in [4.78, 5) is 0. The van der Waals surface area contributed by atoms with Crippen molar-refractivity contribution in [3.63, 3.8) is 0 Å². The smallest absolute Gasteiger partial charge is 0.0465 e. The summed E-state index contributed by atoms with van der Waals surface area (Å²) in [5.74, 6) is 0. The number of ether oxygens (including phenoxy) is 2. The molecule has 0 aliphatic rings. The van der Waals surface area contributed by atoms with Crippen molar-refractivity contribution in [1.29, 1.82) is 0 Å². The van der Waals surface area contributed by atoms with E-state index in [0.29, 0.717) is 0 Å². The van der Waals surface area contributed by atoms with Crippen LogP contribution in [0.15, 0.2) is 0 Å². The molecule has 0 saturated carbocycles. The molecule has 0 aliphatic carbocycles. The van der Waals surface area contributed by atoms with Gasteiger partial charge in [0.05, 0.1) is 0 Å². The second-order valence-electron chi connectivity index (χ2n) is 4.64. The van der Waals surface area contributed by atoms with E-state index in [9.17, 15) is 0 Å². The van der Waals surface area contributed by atoms with Crippen LogP contribution in [0.5, 0.6) is 0 Å². The Hall–Kier alpha value is -0.120. The predicted octanol–water partition coefficient (Wildman–Crippen LogP) is 4.38. The van der Waals surface area contributed by atoms with Crippen LogP contribution in [0.4, 0.5) is 0 Å². The number of hydrogen-bond acceptors (Lipinski definition) is 2. The van der Waals surface area contributed by atoms with Gasteiger partial charge >= 0.3 is 0 Å². The zero-order chi connectivity index (χ0) is 13.9. The summed E-state index contributed by atoms with van der Waals surface area (Å²) < 4.78 is 10.6. The van der Waals surface area contributed by atoms with Crippen molar-refractivity contribution in [1.82, 2.24) is 0 Å². The van der Waals surface area contributed by atoms with Gasteiger partial charge in [0, 0.05) is 26.4 Å². The predicted molar refractivity (Wildman–Crippen MR) is 84.9 cm³/mol. The quantitative estimate of drug-likeness (QED) is 0.497. The Kier molecular flexibility index (Phi) is 33.3. The van der Waals surface area contributed by atoms with E-state index in [2.05, 4.69) is 27.7 Å². The number of unbranched alkanes of at least 4 members (excludes halogenated alkanes) is 4. The molecule has 0 bridgehead atoms. The molecule has 120 valence electrons. The van der Waals surface area contributed by atoms with Crippen LogP contribution in [0, 0.1) is 0 Å². The van der Waals surface area contributed by atoms with Gasteiger partial charge < -0.3 is 14.9 Å². The van der Waals surface area contributed by atoms with Gasteiger partial charge in [-0.2, -0.15) is 0 Å². The lowest BCUT2D eigenvalue weighted by atomic mass is 10.3. The van der Waals surface area contributed by atoms with Gasteiger partial charge in [0.25, 0.3) is 0 Å². The molecule has 0 rings (SSSR count). The van der Waals surface area contributed by atoms with Gasteiger partial charge in [-0.25, -0.2) is 0 Å². The van der Waals surface area contributed by atoms with Crippen molar-refractivity contribution in [3.05, 3.63) is 0 Å². The molecule has 0 amide bonds. The molecular formula is C16H38O3. The van der Waals surface area contributed by atoms with Gasteiger partial charge in [-0.05, 0) is 25.7 Å². The summed E-state index contributed by atoms with van der Waals surface area (Å²) in [7, 11) is 0. The Labute approximate surface area is 121 Å². The zero-order valence-corrected chi connectivity index (χ0v) is 13.8. The summed E-state index contributed by atoms with van der Waals surface area (Å²) in [6.07, 6.45) is 9.82. The van der Waals surface area contributed by atoms with E-state index in [0.717, 1.165) is 26.4 Å². The van der Waals surface area contributed by atoms with E-state index >= 15 is 0 Å². The molecule has 3 heteroatoms. The molecule has 0 atom stereocenters. The van der Waals surface area contributed by atoms with Gasteiger partial charge in [0.2, 0.25) is 0 Å². The normalized spacial score (nSPS) is 9.47. The summed E-state index contributed by atoms with van der Waals surface area (Å²) >= 11 is 0. The molecule has 0 unspecified atom stereocenters. The largest absolute Gasteiger partial charge is 0.412 e. The van der Waals surface area contributed by atoms with Crippen molar-refractivity contribution in [3.8, 4) is 0 Å². The van der Waals surface area contributed by atoms with Crippen molar-refractivity contribution in [2.24, 2.45) is 0 Å². The minimum atomic E-state index is 0. The summed E-state index contributed by atoms with van der Waals surface area (Å²) in [5.41, 5.74) is 0. The van der Waals surface area contributed by atoms with Crippen LogP contribution in [-0.4, -0.2) is 31.9 Å². The Morgan fingerprint density at radius 1 is 0.474 bits per heavy atom. The molecule has 0 heterocycles. The number of rotatable bonds is 12.